The zero-order valence-corrected chi connectivity index (χ0v) is 16.4. The van der Waals surface area contributed by atoms with Gasteiger partial charge in [0.1, 0.15) is 12.0 Å². The highest BCUT2D eigenvalue weighted by Gasteiger charge is 2.24. The van der Waals surface area contributed by atoms with E-state index in [-0.39, 0.29) is 12.1 Å². The minimum atomic E-state index is -0.340. The molecule has 152 valence electrons. The van der Waals surface area contributed by atoms with Crippen molar-refractivity contribution in [3.63, 3.8) is 0 Å². The second kappa shape index (κ2) is 8.29. The lowest BCUT2D eigenvalue weighted by Gasteiger charge is -2.17. The van der Waals surface area contributed by atoms with Gasteiger partial charge in [0, 0.05) is 29.1 Å². The first kappa shape index (κ1) is 18.8. The molecule has 0 saturated heterocycles. The SMILES string of the molecule is O=C(Nc1cncnc1NC1OCc2ccccc21)c1ccc(-c2cnccn2)cc1. The van der Waals surface area contributed by atoms with Crippen LogP contribution in [0.1, 0.15) is 27.7 Å². The number of rotatable bonds is 5. The predicted molar refractivity (Wildman–Crippen MR) is 115 cm³/mol. The first-order valence-electron chi connectivity index (χ1n) is 9.72. The van der Waals surface area contributed by atoms with Gasteiger partial charge in [-0.2, -0.15) is 0 Å². The number of carbonyl (C=O) groups is 1. The maximum Gasteiger partial charge on any atom is 0.255 e. The molecule has 0 spiro atoms. The Kier molecular flexibility index (Phi) is 5.04. The molecule has 5 rings (SSSR count). The summed E-state index contributed by atoms with van der Waals surface area (Å²) in [7, 11) is 0. The number of anilines is 2. The van der Waals surface area contributed by atoms with E-state index in [2.05, 4.69) is 30.6 Å². The number of amides is 1. The van der Waals surface area contributed by atoms with Crippen LogP contribution in [0.3, 0.4) is 0 Å². The van der Waals surface area contributed by atoms with Crippen LogP contribution in [0.25, 0.3) is 11.3 Å². The highest BCUT2D eigenvalue weighted by atomic mass is 16.5. The van der Waals surface area contributed by atoms with Gasteiger partial charge in [-0.15, -0.1) is 0 Å². The van der Waals surface area contributed by atoms with E-state index in [0.29, 0.717) is 23.7 Å². The molecule has 2 aromatic heterocycles. The van der Waals surface area contributed by atoms with Crippen LogP contribution in [-0.4, -0.2) is 25.8 Å². The summed E-state index contributed by atoms with van der Waals surface area (Å²) >= 11 is 0. The van der Waals surface area contributed by atoms with Crippen LogP contribution < -0.4 is 10.6 Å². The summed E-state index contributed by atoms with van der Waals surface area (Å²) in [6.45, 7) is 0.527. The standard InChI is InChI=1S/C23H18N6O2/c30-22(16-7-5-15(6-8-16)19-11-24-9-10-26-19)28-20-12-25-14-27-21(20)29-23-18-4-2-1-3-17(18)13-31-23/h1-12,14,23H,13H2,(H,28,30)(H,25,27,29). The van der Waals surface area contributed by atoms with Gasteiger partial charge in [0.25, 0.3) is 5.91 Å². The molecule has 2 aromatic carbocycles. The first-order chi connectivity index (χ1) is 15.3. The highest BCUT2D eigenvalue weighted by Crippen LogP contribution is 2.32. The summed E-state index contributed by atoms with van der Waals surface area (Å²) in [5.74, 6) is 0.220. The van der Waals surface area contributed by atoms with Gasteiger partial charge in [-0.25, -0.2) is 9.97 Å². The Bertz CT molecular complexity index is 1210. The number of nitrogens with zero attached hydrogens (tertiary/aromatic N) is 4. The Labute approximate surface area is 178 Å². The molecule has 31 heavy (non-hydrogen) atoms. The van der Waals surface area contributed by atoms with Crippen molar-refractivity contribution in [2.75, 3.05) is 10.6 Å². The van der Waals surface area contributed by atoms with Gasteiger partial charge in [-0.3, -0.25) is 14.8 Å². The van der Waals surface area contributed by atoms with E-state index in [1.165, 1.54) is 6.33 Å². The lowest BCUT2D eigenvalue weighted by Crippen LogP contribution is -2.16. The maximum absolute atomic E-state index is 12.8. The third kappa shape index (κ3) is 3.96. The Morgan fingerprint density at radius 1 is 0.968 bits per heavy atom. The van der Waals surface area contributed by atoms with Crippen LogP contribution in [0.2, 0.25) is 0 Å². The van der Waals surface area contributed by atoms with E-state index in [1.54, 1.807) is 36.9 Å². The van der Waals surface area contributed by atoms with Gasteiger partial charge >= 0.3 is 0 Å². The van der Waals surface area contributed by atoms with Crippen LogP contribution >= 0.6 is 0 Å². The van der Waals surface area contributed by atoms with Crippen molar-refractivity contribution in [3.8, 4) is 11.3 Å². The summed E-state index contributed by atoms with van der Waals surface area (Å²) < 4.78 is 5.83. The Morgan fingerprint density at radius 2 is 1.84 bits per heavy atom. The van der Waals surface area contributed by atoms with Gasteiger partial charge in [-0.05, 0) is 17.7 Å². The van der Waals surface area contributed by atoms with Gasteiger partial charge in [-0.1, -0.05) is 36.4 Å². The zero-order valence-electron chi connectivity index (χ0n) is 16.4. The predicted octanol–water partition coefficient (Wildman–Crippen LogP) is 3.83. The van der Waals surface area contributed by atoms with Crippen molar-refractivity contribution in [3.05, 3.63) is 96.3 Å². The van der Waals surface area contributed by atoms with Gasteiger partial charge in [0.15, 0.2) is 12.0 Å². The first-order valence-corrected chi connectivity index (χ1v) is 9.72. The topological polar surface area (TPSA) is 102 Å². The van der Waals surface area contributed by atoms with Gasteiger partial charge in [0.2, 0.25) is 0 Å². The molecule has 0 bridgehead atoms. The number of ether oxygens (including phenoxy) is 1. The molecule has 3 heterocycles. The van der Waals surface area contributed by atoms with E-state index in [4.69, 9.17) is 4.74 Å². The quantitative estimate of drug-likeness (QED) is 0.515. The molecule has 8 nitrogen and oxygen atoms in total. The number of nitrogens with one attached hydrogen (secondary N) is 2. The molecule has 0 aliphatic carbocycles. The Balaban J connectivity index is 1.32. The molecule has 8 heteroatoms. The number of fused-ring (bicyclic) bond motifs is 1. The van der Waals surface area contributed by atoms with Crippen molar-refractivity contribution in [1.82, 2.24) is 19.9 Å². The van der Waals surface area contributed by atoms with E-state index in [9.17, 15) is 4.79 Å². The van der Waals surface area contributed by atoms with Crippen LogP contribution in [0, 0.1) is 0 Å². The lowest BCUT2D eigenvalue weighted by atomic mass is 10.1. The van der Waals surface area contributed by atoms with Crippen molar-refractivity contribution in [2.45, 2.75) is 12.8 Å². The summed E-state index contributed by atoms with van der Waals surface area (Å²) in [6, 6.07) is 15.2. The second-order valence-electron chi connectivity index (χ2n) is 6.94. The maximum atomic E-state index is 12.8. The fourth-order valence-corrected chi connectivity index (χ4v) is 3.40. The normalized spacial score (nSPS) is 14.6. The number of aromatic nitrogens is 4. The Morgan fingerprint density at radius 3 is 2.68 bits per heavy atom. The third-order valence-electron chi connectivity index (χ3n) is 4.98. The molecule has 0 fully saturated rings. The monoisotopic (exact) mass is 410 g/mol. The summed E-state index contributed by atoms with van der Waals surface area (Å²) in [4.78, 5) is 29.5. The molecule has 1 atom stereocenters. The average Bonchev–Trinajstić information content (AvgIpc) is 3.24. The molecule has 4 aromatic rings. The summed E-state index contributed by atoms with van der Waals surface area (Å²) in [6.07, 6.45) is 7.57. The van der Waals surface area contributed by atoms with Crippen molar-refractivity contribution < 1.29 is 9.53 Å². The molecule has 2 N–H and O–H groups in total. The minimum Gasteiger partial charge on any atom is -0.349 e. The van der Waals surface area contributed by atoms with Crippen LogP contribution in [0.5, 0.6) is 0 Å². The zero-order chi connectivity index (χ0) is 21.0. The second-order valence-corrected chi connectivity index (χ2v) is 6.94. The number of carbonyl (C=O) groups excluding carboxylic acids is 1. The minimum absolute atomic E-state index is 0.267. The summed E-state index contributed by atoms with van der Waals surface area (Å²) in [5.41, 5.74) is 4.78. The van der Waals surface area contributed by atoms with Crippen molar-refractivity contribution in [2.24, 2.45) is 0 Å². The van der Waals surface area contributed by atoms with E-state index in [0.717, 1.165) is 22.4 Å². The van der Waals surface area contributed by atoms with Crippen LogP contribution in [0.15, 0.2) is 79.6 Å². The van der Waals surface area contributed by atoms with E-state index >= 15 is 0 Å². The number of benzene rings is 2. The lowest BCUT2D eigenvalue weighted by molar-refractivity contribution is 0.0855. The fraction of sp³-hybridized carbons (Fsp3) is 0.0870. The molecule has 0 saturated carbocycles. The molecule has 1 amide bonds. The molecule has 0 radical (unpaired) electrons. The Hall–Kier alpha value is -4.17. The molecule has 1 aliphatic rings. The molecule has 1 aliphatic heterocycles. The smallest absolute Gasteiger partial charge is 0.255 e. The van der Waals surface area contributed by atoms with Gasteiger partial charge < -0.3 is 15.4 Å². The molecule has 1 unspecified atom stereocenters. The molecular formula is C23H18N6O2. The third-order valence-corrected chi connectivity index (χ3v) is 4.98. The largest absolute Gasteiger partial charge is 0.349 e. The average molecular weight is 410 g/mol. The summed E-state index contributed by atoms with van der Waals surface area (Å²) in [5, 5.41) is 6.12. The van der Waals surface area contributed by atoms with Crippen LogP contribution in [-0.2, 0) is 11.3 Å². The van der Waals surface area contributed by atoms with Crippen LogP contribution in [0.4, 0.5) is 11.5 Å². The fourth-order valence-electron chi connectivity index (χ4n) is 3.40. The number of hydrogen-bond acceptors (Lipinski definition) is 7. The van der Waals surface area contributed by atoms with E-state index in [1.807, 2.05) is 36.4 Å². The highest BCUT2D eigenvalue weighted by molar-refractivity contribution is 6.05. The van der Waals surface area contributed by atoms with Crippen molar-refractivity contribution in [1.29, 1.82) is 0 Å². The number of hydrogen-bond donors (Lipinski definition) is 2. The molecular weight excluding hydrogens is 392 g/mol. The van der Waals surface area contributed by atoms with Crippen molar-refractivity contribution >= 4 is 17.4 Å². The van der Waals surface area contributed by atoms with Gasteiger partial charge in [0.05, 0.1) is 24.7 Å². The van der Waals surface area contributed by atoms with E-state index < -0.39 is 0 Å².